The quantitative estimate of drug-likeness (QED) is 0.860. The average Bonchev–Trinajstić information content (AvgIpc) is 2.47. The third kappa shape index (κ3) is 3.01. The van der Waals surface area contributed by atoms with Crippen molar-refractivity contribution in [2.75, 3.05) is 31.6 Å². The fourth-order valence-corrected chi connectivity index (χ4v) is 2.81. The van der Waals surface area contributed by atoms with Crippen LogP contribution in [0.2, 0.25) is 5.02 Å². The zero-order valence-electron chi connectivity index (χ0n) is 12.2. The zero-order chi connectivity index (χ0) is 14.7. The van der Waals surface area contributed by atoms with Crippen molar-refractivity contribution in [1.82, 2.24) is 4.90 Å². The maximum Gasteiger partial charge on any atom is 0.222 e. The number of nitrogens with zero attached hydrogens (tertiary/aromatic N) is 2. The topological polar surface area (TPSA) is 32.8 Å². The first-order chi connectivity index (χ1) is 9.56. The van der Waals surface area contributed by atoms with Gasteiger partial charge in [0.2, 0.25) is 5.91 Å². The molecule has 0 aliphatic carbocycles. The van der Waals surface area contributed by atoms with Gasteiger partial charge in [-0.2, -0.15) is 0 Å². The van der Waals surface area contributed by atoms with E-state index in [0.29, 0.717) is 17.2 Å². The minimum atomic E-state index is 0.220. The maximum absolute atomic E-state index is 11.8. The lowest BCUT2D eigenvalue weighted by Gasteiger charge is -2.41. The predicted molar refractivity (Wildman–Crippen MR) is 81.7 cm³/mol. The molecule has 1 aromatic rings. The third-order valence-corrected chi connectivity index (χ3v) is 4.06. The molecule has 1 fully saturated rings. The lowest BCUT2D eigenvalue weighted by Crippen LogP contribution is -2.54. The summed E-state index contributed by atoms with van der Waals surface area (Å²) in [6.45, 7) is 6.43. The molecular formula is C15H21ClN2O2. The molecule has 0 N–H and O–H groups in total. The summed E-state index contributed by atoms with van der Waals surface area (Å²) in [5.74, 6) is 0.912. The molecule has 20 heavy (non-hydrogen) atoms. The fraction of sp³-hybridized carbons (Fsp3) is 0.533. The Morgan fingerprint density at radius 2 is 2.20 bits per heavy atom. The van der Waals surface area contributed by atoms with Crippen molar-refractivity contribution in [3.05, 3.63) is 23.2 Å². The number of hydrogen-bond acceptors (Lipinski definition) is 3. The Morgan fingerprint density at radius 3 is 2.80 bits per heavy atom. The summed E-state index contributed by atoms with van der Waals surface area (Å²) in [4.78, 5) is 16.1. The molecule has 5 heteroatoms. The predicted octanol–water partition coefficient (Wildman–Crippen LogP) is 2.80. The highest BCUT2D eigenvalue weighted by Gasteiger charge is 2.26. The van der Waals surface area contributed by atoms with Gasteiger partial charge in [0.1, 0.15) is 5.75 Å². The van der Waals surface area contributed by atoms with Crippen LogP contribution in [0.1, 0.15) is 20.3 Å². The number of halogens is 1. The highest BCUT2D eigenvalue weighted by atomic mass is 35.5. The smallest absolute Gasteiger partial charge is 0.222 e. The maximum atomic E-state index is 11.8. The molecule has 1 saturated heterocycles. The molecule has 0 saturated carbocycles. The van der Waals surface area contributed by atoms with E-state index in [1.54, 1.807) is 7.11 Å². The molecule has 1 amide bonds. The van der Waals surface area contributed by atoms with Crippen LogP contribution < -0.4 is 9.64 Å². The van der Waals surface area contributed by atoms with Gasteiger partial charge in [-0.1, -0.05) is 18.5 Å². The third-order valence-electron chi connectivity index (χ3n) is 3.75. The lowest BCUT2D eigenvalue weighted by molar-refractivity contribution is -0.133. The Bertz CT molecular complexity index is 493. The summed E-state index contributed by atoms with van der Waals surface area (Å²) < 4.78 is 5.26. The van der Waals surface area contributed by atoms with Gasteiger partial charge >= 0.3 is 0 Å². The van der Waals surface area contributed by atoms with Gasteiger partial charge in [-0.05, 0) is 19.1 Å². The van der Waals surface area contributed by atoms with Crippen LogP contribution in [0.3, 0.4) is 0 Å². The monoisotopic (exact) mass is 296 g/mol. The SMILES string of the molecule is CCC(=O)N1CCN(c2ccc(Cl)c(OC)c2)C[C@@H]1C. The van der Waals surface area contributed by atoms with E-state index < -0.39 is 0 Å². The van der Waals surface area contributed by atoms with Gasteiger partial charge in [-0.25, -0.2) is 0 Å². The number of carbonyl (C=O) groups excluding carboxylic acids is 1. The first kappa shape index (κ1) is 15.0. The zero-order valence-corrected chi connectivity index (χ0v) is 13.0. The van der Waals surface area contributed by atoms with E-state index in [0.717, 1.165) is 25.3 Å². The van der Waals surface area contributed by atoms with Gasteiger partial charge in [0.25, 0.3) is 0 Å². The van der Waals surface area contributed by atoms with Gasteiger partial charge in [0.05, 0.1) is 12.1 Å². The number of anilines is 1. The number of piperazine rings is 1. The summed E-state index contributed by atoms with van der Waals surface area (Å²) in [6, 6.07) is 6.02. The molecule has 1 heterocycles. The van der Waals surface area contributed by atoms with Crippen molar-refractivity contribution < 1.29 is 9.53 Å². The molecule has 0 bridgehead atoms. The van der Waals surface area contributed by atoms with E-state index in [2.05, 4.69) is 11.8 Å². The van der Waals surface area contributed by atoms with Gasteiger partial charge < -0.3 is 14.5 Å². The summed E-state index contributed by atoms with van der Waals surface area (Å²) in [6.07, 6.45) is 0.569. The van der Waals surface area contributed by atoms with E-state index in [4.69, 9.17) is 16.3 Å². The Hall–Kier alpha value is -1.42. The van der Waals surface area contributed by atoms with E-state index in [1.807, 2.05) is 30.0 Å². The Morgan fingerprint density at radius 1 is 1.45 bits per heavy atom. The van der Waals surface area contributed by atoms with E-state index in [9.17, 15) is 4.79 Å². The molecule has 1 atom stereocenters. The van der Waals surface area contributed by atoms with Crippen LogP contribution >= 0.6 is 11.6 Å². The molecule has 0 radical (unpaired) electrons. The highest BCUT2D eigenvalue weighted by molar-refractivity contribution is 6.32. The Labute approximate surface area is 125 Å². The molecule has 4 nitrogen and oxygen atoms in total. The second-order valence-corrected chi connectivity index (χ2v) is 5.46. The average molecular weight is 297 g/mol. The van der Waals surface area contributed by atoms with Gasteiger partial charge in [-0.3, -0.25) is 4.79 Å². The van der Waals surface area contributed by atoms with Crippen LogP contribution in [0, 0.1) is 0 Å². The van der Waals surface area contributed by atoms with Crippen LogP contribution in [-0.2, 0) is 4.79 Å². The molecule has 0 unspecified atom stereocenters. The largest absolute Gasteiger partial charge is 0.495 e. The summed E-state index contributed by atoms with van der Waals surface area (Å²) in [7, 11) is 1.62. The number of methoxy groups -OCH3 is 1. The lowest BCUT2D eigenvalue weighted by atomic mass is 10.1. The summed E-state index contributed by atoms with van der Waals surface area (Å²) in [5, 5.41) is 0.615. The van der Waals surface area contributed by atoms with E-state index >= 15 is 0 Å². The summed E-state index contributed by atoms with van der Waals surface area (Å²) >= 11 is 6.05. The van der Waals surface area contributed by atoms with E-state index in [-0.39, 0.29) is 11.9 Å². The minimum Gasteiger partial charge on any atom is -0.495 e. The van der Waals surface area contributed by atoms with Gasteiger partial charge in [0.15, 0.2) is 0 Å². The number of carbonyl (C=O) groups is 1. The molecule has 110 valence electrons. The van der Waals surface area contributed by atoms with Crippen molar-refractivity contribution in [3.8, 4) is 5.75 Å². The first-order valence-electron chi connectivity index (χ1n) is 6.94. The Balaban J connectivity index is 2.11. The molecular weight excluding hydrogens is 276 g/mol. The van der Waals surface area contributed by atoms with Crippen molar-refractivity contribution in [2.45, 2.75) is 26.3 Å². The first-order valence-corrected chi connectivity index (χ1v) is 7.32. The molecule has 0 spiro atoms. The van der Waals surface area contributed by atoms with Crippen molar-refractivity contribution in [2.24, 2.45) is 0 Å². The second kappa shape index (κ2) is 6.35. The number of benzene rings is 1. The minimum absolute atomic E-state index is 0.220. The molecule has 0 aromatic heterocycles. The Kier molecular flexibility index (Phi) is 4.76. The summed E-state index contributed by atoms with van der Waals surface area (Å²) in [5.41, 5.74) is 1.08. The van der Waals surface area contributed by atoms with Crippen LogP contribution in [0.4, 0.5) is 5.69 Å². The normalized spacial score (nSPS) is 19.1. The fourth-order valence-electron chi connectivity index (χ4n) is 2.61. The number of amides is 1. The molecule has 2 rings (SSSR count). The van der Waals surface area contributed by atoms with Crippen molar-refractivity contribution in [3.63, 3.8) is 0 Å². The van der Waals surface area contributed by atoms with Crippen LogP contribution in [0.5, 0.6) is 5.75 Å². The molecule has 1 aromatic carbocycles. The van der Waals surface area contributed by atoms with Crippen LogP contribution in [0.15, 0.2) is 18.2 Å². The number of rotatable bonds is 3. The van der Waals surface area contributed by atoms with Crippen molar-refractivity contribution in [1.29, 1.82) is 0 Å². The second-order valence-electron chi connectivity index (χ2n) is 5.05. The van der Waals surface area contributed by atoms with E-state index in [1.165, 1.54) is 0 Å². The van der Waals surface area contributed by atoms with Gasteiger partial charge in [0, 0.05) is 43.9 Å². The van der Waals surface area contributed by atoms with Gasteiger partial charge in [-0.15, -0.1) is 0 Å². The highest BCUT2D eigenvalue weighted by Crippen LogP contribution is 2.30. The van der Waals surface area contributed by atoms with Crippen LogP contribution in [0.25, 0.3) is 0 Å². The number of hydrogen-bond donors (Lipinski definition) is 0. The number of ether oxygens (including phenoxy) is 1. The van der Waals surface area contributed by atoms with Crippen LogP contribution in [-0.4, -0.2) is 43.6 Å². The standard InChI is InChI=1S/C15H21ClN2O2/c1-4-15(19)18-8-7-17(10-11(18)2)12-5-6-13(16)14(9-12)20-3/h5-6,9,11H,4,7-8,10H2,1-3H3/t11-/m0/s1. The van der Waals surface area contributed by atoms with Crippen molar-refractivity contribution >= 4 is 23.2 Å². The molecule has 1 aliphatic rings. The molecule has 1 aliphatic heterocycles.